The van der Waals surface area contributed by atoms with Crippen LogP contribution in [0.15, 0.2) is 24.3 Å². The van der Waals surface area contributed by atoms with E-state index in [0.717, 1.165) is 0 Å². The lowest BCUT2D eigenvalue weighted by Crippen LogP contribution is -2.46. The van der Waals surface area contributed by atoms with Crippen LogP contribution in [0.3, 0.4) is 0 Å². The van der Waals surface area contributed by atoms with Crippen LogP contribution in [0, 0.1) is 17.1 Å². The summed E-state index contributed by atoms with van der Waals surface area (Å²) in [6.07, 6.45) is 0. The maximum Gasteiger partial charge on any atom is 0.165 e. The SMILES string of the molecule is CCNC(C)(C#N)COc1ccccc1F. The summed E-state index contributed by atoms with van der Waals surface area (Å²) >= 11 is 0. The summed E-state index contributed by atoms with van der Waals surface area (Å²) in [5.74, 6) is -0.249. The van der Waals surface area contributed by atoms with E-state index in [4.69, 9.17) is 10.00 Å². The highest BCUT2D eigenvalue weighted by Crippen LogP contribution is 2.17. The number of hydrogen-bond donors (Lipinski definition) is 1. The Morgan fingerprint density at radius 1 is 1.50 bits per heavy atom. The minimum Gasteiger partial charge on any atom is -0.487 e. The van der Waals surface area contributed by atoms with Crippen LogP contribution in [0.25, 0.3) is 0 Å². The fourth-order valence-corrected chi connectivity index (χ4v) is 1.30. The van der Waals surface area contributed by atoms with Crippen molar-refractivity contribution in [2.24, 2.45) is 0 Å². The number of hydrogen-bond acceptors (Lipinski definition) is 3. The van der Waals surface area contributed by atoms with Crippen LogP contribution in [0.4, 0.5) is 4.39 Å². The predicted octanol–water partition coefficient (Wildman–Crippen LogP) is 2.10. The zero-order valence-electron chi connectivity index (χ0n) is 9.46. The molecule has 86 valence electrons. The number of para-hydroxylation sites is 1. The molecule has 0 heterocycles. The van der Waals surface area contributed by atoms with Gasteiger partial charge >= 0.3 is 0 Å². The molecule has 1 rings (SSSR count). The average molecular weight is 222 g/mol. The Balaban J connectivity index is 2.64. The number of rotatable bonds is 5. The van der Waals surface area contributed by atoms with Crippen molar-refractivity contribution in [2.45, 2.75) is 19.4 Å². The predicted molar refractivity (Wildman–Crippen MR) is 59.6 cm³/mol. The van der Waals surface area contributed by atoms with Gasteiger partial charge in [-0.25, -0.2) is 4.39 Å². The van der Waals surface area contributed by atoms with E-state index >= 15 is 0 Å². The Morgan fingerprint density at radius 3 is 2.75 bits per heavy atom. The third kappa shape index (κ3) is 3.21. The number of nitriles is 1. The van der Waals surface area contributed by atoms with Crippen molar-refractivity contribution in [3.63, 3.8) is 0 Å². The highest BCUT2D eigenvalue weighted by atomic mass is 19.1. The Hall–Kier alpha value is -1.60. The van der Waals surface area contributed by atoms with Gasteiger partial charge in [-0.1, -0.05) is 19.1 Å². The van der Waals surface area contributed by atoms with E-state index in [2.05, 4.69) is 11.4 Å². The van der Waals surface area contributed by atoms with Gasteiger partial charge in [-0.3, -0.25) is 5.32 Å². The topological polar surface area (TPSA) is 45.0 Å². The van der Waals surface area contributed by atoms with Crippen LogP contribution in [-0.4, -0.2) is 18.7 Å². The Morgan fingerprint density at radius 2 is 2.19 bits per heavy atom. The first kappa shape index (κ1) is 12.5. The monoisotopic (exact) mass is 222 g/mol. The molecule has 0 radical (unpaired) electrons. The molecule has 0 aromatic heterocycles. The third-order valence-electron chi connectivity index (χ3n) is 2.17. The van der Waals surface area contributed by atoms with Crippen LogP contribution in [0.1, 0.15) is 13.8 Å². The van der Waals surface area contributed by atoms with E-state index in [9.17, 15) is 4.39 Å². The molecule has 1 N–H and O–H groups in total. The summed E-state index contributed by atoms with van der Waals surface area (Å²) in [6, 6.07) is 8.26. The summed E-state index contributed by atoms with van der Waals surface area (Å²) < 4.78 is 18.5. The van der Waals surface area contributed by atoms with Gasteiger partial charge in [0, 0.05) is 0 Å². The molecule has 0 saturated carbocycles. The van der Waals surface area contributed by atoms with Crippen molar-refractivity contribution in [1.82, 2.24) is 5.32 Å². The van der Waals surface area contributed by atoms with Crippen LogP contribution in [-0.2, 0) is 0 Å². The van der Waals surface area contributed by atoms with Gasteiger partial charge in [0.25, 0.3) is 0 Å². The van der Waals surface area contributed by atoms with Crippen LogP contribution < -0.4 is 10.1 Å². The van der Waals surface area contributed by atoms with Gasteiger partial charge < -0.3 is 4.74 Å². The first-order valence-electron chi connectivity index (χ1n) is 5.15. The average Bonchev–Trinajstić information content (AvgIpc) is 2.28. The summed E-state index contributed by atoms with van der Waals surface area (Å²) in [5, 5.41) is 12.0. The molecule has 1 unspecified atom stereocenters. The number of nitrogens with zero attached hydrogens (tertiary/aromatic N) is 1. The van der Waals surface area contributed by atoms with E-state index < -0.39 is 11.4 Å². The molecule has 0 fully saturated rings. The molecule has 0 aliphatic heterocycles. The van der Waals surface area contributed by atoms with Gasteiger partial charge in [0.2, 0.25) is 0 Å². The van der Waals surface area contributed by atoms with Crippen LogP contribution in [0.2, 0.25) is 0 Å². The first-order valence-corrected chi connectivity index (χ1v) is 5.15. The first-order chi connectivity index (χ1) is 7.61. The van der Waals surface area contributed by atoms with E-state index in [1.165, 1.54) is 6.07 Å². The van der Waals surface area contributed by atoms with E-state index in [1.807, 2.05) is 6.92 Å². The molecule has 4 heteroatoms. The molecule has 0 spiro atoms. The van der Waals surface area contributed by atoms with Crippen molar-refractivity contribution < 1.29 is 9.13 Å². The molecule has 0 aliphatic rings. The number of benzene rings is 1. The van der Waals surface area contributed by atoms with Crippen molar-refractivity contribution in [3.05, 3.63) is 30.1 Å². The quantitative estimate of drug-likeness (QED) is 0.829. The summed E-state index contributed by atoms with van der Waals surface area (Å²) in [6.45, 7) is 4.39. The molecule has 0 saturated heterocycles. The smallest absolute Gasteiger partial charge is 0.165 e. The van der Waals surface area contributed by atoms with Gasteiger partial charge in [0.15, 0.2) is 11.6 Å². The Bertz CT molecular complexity index is 389. The molecule has 1 aromatic rings. The van der Waals surface area contributed by atoms with Gasteiger partial charge in [-0.05, 0) is 25.6 Å². The van der Waals surface area contributed by atoms with E-state index in [0.29, 0.717) is 6.54 Å². The maximum atomic E-state index is 13.2. The van der Waals surface area contributed by atoms with Crippen molar-refractivity contribution >= 4 is 0 Å². The van der Waals surface area contributed by atoms with Crippen LogP contribution >= 0.6 is 0 Å². The third-order valence-corrected chi connectivity index (χ3v) is 2.17. The second-order valence-electron chi connectivity index (χ2n) is 3.69. The Kier molecular flexibility index (Phi) is 4.27. The van der Waals surface area contributed by atoms with Gasteiger partial charge in [-0.15, -0.1) is 0 Å². The molecule has 1 atom stereocenters. The summed E-state index contributed by atoms with van der Waals surface area (Å²) in [4.78, 5) is 0. The molecule has 16 heavy (non-hydrogen) atoms. The second kappa shape index (κ2) is 5.47. The largest absolute Gasteiger partial charge is 0.487 e. The molecular weight excluding hydrogens is 207 g/mol. The normalized spacial score (nSPS) is 13.9. The van der Waals surface area contributed by atoms with E-state index in [1.54, 1.807) is 25.1 Å². The van der Waals surface area contributed by atoms with Crippen molar-refractivity contribution in [2.75, 3.05) is 13.2 Å². The van der Waals surface area contributed by atoms with Crippen molar-refractivity contribution in [3.8, 4) is 11.8 Å². The minimum absolute atomic E-state index is 0.109. The summed E-state index contributed by atoms with van der Waals surface area (Å²) in [7, 11) is 0. The van der Waals surface area contributed by atoms with Crippen molar-refractivity contribution in [1.29, 1.82) is 5.26 Å². The van der Waals surface area contributed by atoms with Crippen LogP contribution in [0.5, 0.6) is 5.75 Å². The molecule has 1 aromatic carbocycles. The summed E-state index contributed by atoms with van der Waals surface area (Å²) in [5.41, 5.74) is -0.795. The molecule has 0 bridgehead atoms. The zero-order chi connectivity index (χ0) is 12.0. The number of likely N-dealkylation sites (N-methyl/N-ethyl adjacent to an activating group) is 1. The lowest BCUT2D eigenvalue weighted by molar-refractivity contribution is 0.228. The highest BCUT2D eigenvalue weighted by Gasteiger charge is 2.23. The fourth-order valence-electron chi connectivity index (χ4n) is 1.30. The zero-order valence-corrected chi connectivity index (χ0v) is 9.46. The standard InChI is InChI=1S/C12H15FN2O/c1-3-15-12(2,8-14)9-16-11-7-5-4-6-10(11)13/h4-7,15H,3,9H2,1-2H3. The van der Waals surface area contributed by atoms with Gasteiger partial charge in [-0.2, -0.15) is 5.26 Å². The number of ether oxygens (including phenoxy) is 1. The highest BCUT2D eigenvalue weighted by molar-refractivity contribution is 5.24. The van der Waals surface area contributed by atoms with Gasteiger partial charge in [0.1, 0.15) is 12.1 Å². The maximum absolute atomic E-state index is 13.2. The van der Waals surface area contributed by atoms with E-state index in [-0.39, 0.29) is 12.4 Å². The number of nitrogens with one attached hydrogen (secondary N) is 1. The second-order valence-corrected chi connectivity index (χ2v) is 3.69. The Labute approximate surface area is 94.8 Å². The minimum atomic E-state index is -0.795. The van der Waals surface area contributed by atoms with Gasteiger partial charge in [0.05, 0.1) is 6.07 Å². The lowest BCUT2D eigenvalue weighted by atomic mass is 10.1. The number of halogens is 1. The molecule has 0 aliphatic carbocycles. The fraction of sp³-hybridized carbons (Fsp3) is 0.417. The molecule has 0 amide bonds. The lowest BCUT2D eigenvalue weighted by Gasteiger charge is -2.22. The molecule has 3 nitrogen and oxygen atoms in total. The molecular formula is C12H15FN2O.